The van der Waals surface area contributed by atoms with Gasteiger partial charge in [0.25, 0.3) is 0 Å². The Kier molecular flexibility index (Phi) is 5.88. The van der Waals surface area contributed by atoms with E-state index in [1.54, 1.807) is 7.11 Å². The smallest absolute Gasteiger partial charge is 0.225 e. The molecule has 4 rings (SSSR count). The van der Waals surface area contributed by atoms with Crippen LogP contribution in [0, 0.1) is 0 Å². The van der Waals surface area contributed by atoms with Gasteiger partial charge in [-0.3, -0.25) is 9.69 Å². The molecular formula is C20H31N5O2. The van der Waals surface area contributed by atoms with Crippen molar-refractivity contribution in [3.63, 3.8) is 0 Å². The van der Waals surface area contributed by atoms with Crippen molar-refractivity contribution >= 4 is 11.9 Å². The summed E-state index contributed by atoms with van der Waals surface area (Å²) in [6, 6.07) is 0.821. The van der Waals surface area contributed by atoms with Gasteiger partial charge in [-0.25, -0.2) is 9.97 Å². The minimum atomic E-state index is 0.171. The van der Waals surface area contributed by atoms with Crippen LogP contribution in [0.5, 0.6) is 0 Å². The van der Waals surface area contributed by atoms with Crippen LogP contribution >= 0.6 is 0 Å². The fraction of sp³-hybridized carbons (Fsp3) is 0.750. The maximum atomic E-state index is 12.3. The van der Waals surface area contributed by atoms with Crippen LogP contribution in [-0.2, 0) is 22.4 Å². The largest absolute Gasteiger partial charge is 0.384 e. The summed E-state index contributed by atoms with van der Waals surface area (Å²) in [5.41, 5.74) is 2.30. The van der Waals surface area contributed by atoms with E-state index in [1.807, 2.05) is 11.1 Å². The van der Waals surface area contributed by atoms with Gasteiger partial charge in [0.05, 0.1) is 18.7 Å². The molecule has 3 aliphatic rings. The number of aromatic nitrogens is 2. The van der Waals surface area contributed by atoms with Gasteiger partial charge >= 0.3 is 0 Å². The van der Waals surface area contributed by atoms with Gasteiger partial charge in [0.1, 0.15) is 0 Å². The topological polar surface area (TPSA) is 61.8 Å². The maximum absolute atomic E-state index is 12.3. The van der Waals surface area contributed by atoms with Crippen LogP contribution in [-0.4, -0.2) is 84.7 Å². The normalized spacial score (nSPS) is 21.5. The molecule has 7 nitrogen and oxygen atoms in total. The molecule has 0 bridgehead atoms. The zero-order chi connectivity index (χ0) is 18.6. The Labute approximate surface area is 161 Å². The predicted molar refractivity (Wildman–Crippen MR) is 104 cm³/mol. The minimum Gasteiger partial charge on any atom is -0.384 e. The van der Waals surface area contributed by atoms with Crippen molar-refractivity contribution < 1.29 is 9.53 Å². The lowest BCUT2D eigenvalue weighted by atomic mass is 9.91. The number of carbonyl (C=O) groups excluding carboxylic acids is 1. The zero-order valence-electron chi connectivity index (χ0n) is 16.4. The highest BCUT2D eigenvalue weighted by molar-refractivity contribution is 5.76. The first-order valence-corrected chi connectivity index (χ1v) is 10.3. The lowest BCUT2D eigenvalue weighted by Crippen LogP contribution is -2.52. The number of carbonyl (C=O) groups is 1. The molecule has 148 valence electrons. The summed E-state index contributed by atoms with van der Waals surface area (Å²) in [4.78, 5) is 28.7. The summed E-state index contributed by atoms with van der Waals surface area (Å²) >= 11 is 0. The van der Waals surface area contributed by atoms with E-state index >= 15 is 0 Å². The molecule has 0 unspecified atom stereocenters. The van der Waals surface area contributed by atoms with Gasteiger partial charge in [-0.05, 0) is 24.8 Å². The van der Waals surface area contributed by atoms with Gasteiger partial charge in [-0.2, -0.15) is 0 Å². The molecule has 1 amide bonds. The van der Waals surface area contributed by atoms with Crippen LogP contribution in [0.1, 0.15) is 36.9 Å². The van der Waals surface area contributed by atoms with Crippen LogP contribution in [0.25, 0.3) is 0 Å². The van der Waals surface area contributed by atoms with Gasteiger partial charge in [-0.1, -0.05) is 6.42 Å². The molecular weight excluding hydrogens is 342 g/mol. The third-order valence-corrected chi connectivity index (χ3v) is 6.27. The fourth-order valence-corrected chi connectivity index (χ4v) is 4.25. The second-order valence-corrected chi connectivity index (χ2v) is 7.87. The van der Waals surface area contributed by atoms with Crippen molar-refractivity contribution in [2.75, 3.05) is 57.9 Å². The highest BCUT2D eigenvalue weighted by atomic mass is 16.5. The molecule has 1 saturated carbocycles. The van der Waals surface area contributed by atoms with Gasteiger partial charge in [-0.15, -0.1) is 0 Å². The lowest BCUT2D eigenvalue weighted by Gasteiger charge is -2.43. The molecule has 1 aliphatic carbocycles. The molecule has 7 heteroatoms. The summed E-state index contributed by atoms with van der Waals surface area (Å²) in [5.74, 6) is 1.03. The highest BCUT2D eigenvalue weighted by Gasteiger charge is 2.29. The number of fused-ring (bicyclic) bond motifs is 1. The Hall–Kier alpha value is -1.73. The van der Waals surface area contributed by atoms with Crippen LogP contribution in [0.3, 0.4) is 0 Å². The van der Waals surface area contributed by atoms with E-state index in [0.717, 1.165) is 69.8 Å². The average Bonchev–Trinajstić information content (AvgIpc) is 2.87. The van der Waals surface area contributed by atoms with Crippen molar-refractivity contribution in [1.29, 1.82) is 0 Å². The summed E-state index contributed by atoms with van der Waals surface area (Å²) in [6.45, 7) is 6.23. The number of ether oxygens (including phenoxy) is 1. The third kappa shape index (κ3) is 4.24. The van der Waals surface area contributed by atoms with E-state index < -0.39 is 0 Å². The Morgan fingerprint density at radius 3 is 2.63 bits per heavy atom. The Morgan fingerprint density at radius 2 is 1.93 bits per heavy atom. The Balaban J connectivity index is 1.36. The molecule has 1 aromatic heterocycles. The minimum absolute atomic E-state index is 0.171. The summed E-state index contributed by atoms with van der Waals surface area (Å²) in [5, 5.41) is 0. The van der Waals surface area contributed by atoms with Crippen molar-refractivity contribution in [2.45, 2.75) is 44.6 Å². The second-order valence-electron chi connectivity index (χ2n) is 7.87. The van der Waals surface area contributed by atoms with Crippen molar-refractivity contribution in [3.05, 3.63) is 17.5 Å². The van der Waals surface area contributed by atoms with Gasteiger partial charge < -0.3 is 14.5 Å². The molecule has 1 saturated heterocycles. The summed E-state index contributed by atoms with van der Waals surface area (Å²) < 4.78 is 5.03. The summed E-state index contributed by atoms with van der Waals surface area (Å²) in [6.07, 6.45) is 8.22. The van der Waals surface area contributed by atoms with Crippen molar-refractivity contribution in [2.24, 2.45) is 0 Å². The predicted octanol–water partition coefficient (Wildman–Crippen LogP) is 1.11. The van der Waals surface area contributed by atoms with E-state index in [-0.39, 0.29) is 5.91 Å². The van der Waals surface area contributed by atoms with Gasteiger partial charge in [0.2, 0.25) is 11.9 Å². The quantitative estimate of drug-likeness (QED) is 0.771. The standard InChI is InChI=1S/C20H31N5O2/c1-27-14-7-19(26)24-8-5-16-15-21-20(22-18(16)6-9-24)25-12-10-23(11-13-25)17-3-2-4-17/h15,17H,2-14H2,1H3. The molecule has 2 aliphatic heterocycles. The number of methoxy groups -OCH3 is 1. The average molecular weight is 374 g/mol. The van der Waals surface area contributed by atoms with Crippen LogP contribution in [0.15, 0.2) is 6.20 Å². The summed E-state index contributed by atoms with van der Waals surface area (Å²) in [7, 11) is 1.63. The number of hydrogen-bond donors (Lipinski definition) is 0. The van der Waals surface area contributed by atoms with E-state index in [1.165, 1.54) is 24.8 Å². The Bertz CT molecular complexity index is 656. The molecule has 2 fully saturated rings. The fourth-order valence-electron chi connectivity index (χ4n) is 4.25. The maximum Gasteiger partial charge on any atom is 0.225 e. The molecule has 0 aromatic carbocycles. The van der Waals surface area contributed by atoms with E-state index in [0.29, 0.717) is 13.0 Å². The molecule has 3 heterocycles. The van der Waals surface area contributed by atoms with E-state index in [4.69, 9.17) is 9.72 Å². The van der Waals surface area contributed by atoms with Crippen LogP contribution in [0.4, 0.5) is 5.95 Å². The molecule has 1 aromatic rings. The first-order valence-electron chi connectivity index (χ1n) is 10.3. The van der Waals surface area contributed by atoms with E-state index in [2.05, 4.69) is 14.8 Å². The zero-order valence-corrected chi connectivity index (χ0v) is 16.4. The molecule has 0 radical (unpaired) electrons. The number of rotatable bonds is 5. The number of nitrogens with zero attached hydrogens (tertiary/aromatic N) is 5. The lowest BCUT2D eigenvalue weighted by molar-refractivity contribution is -0.132. The monoisotopic (exact) mass is 373 g/mol. The SMILES string of the molecule is COCCC(=O)N1CCc2cnc(N3CCN(C4CCC4)CC3)nc2CC1. The van der Waals surface area contributed by atoms with Crippen molar-refractivity contribution in [3.8, 4) is 0 Å². The highest BCUT2D eigenvalue weighted by Crippen LogP contribution is 2.26. The van der Waals surface area contributed by atoms with Gasteiger partial charge in [0, 0.05) is 65.0 Å². The Morgan fingerprint density at radius 1 is 1.15 bits per heavy atom. The second kappa shape index (κ2) is 8.52. The first-order chi connectivity index (χ1) is 13.2. The molecule has 0 N–H and O–H groups in total. The van der Waals surface area contributed by atoms with Crippen LogP contribution in [0.2, 0.25) is 0 Å². The number of amides is 1. The van der Waals surface area contributed by atoms with E-state index in [9.17, 15) is 4.79 Å². The molecule has 0 spiro atoms. The van der Waals surface area contributed by atoms with Gasteiger partial charge in [0.15, 0.2) is 0 Å². The van der Waals surface area contributed by atoms with Crippen LogP contribution < -0.4 is 4.90 Å². The molecule has 0 atom stereocenters. The number of anilines is 1. The first kappa shape index (κ1) is 18.6. The molecule has 27 heavy (non-hydrogen) atoms. The number of hydrogen-bond acceptors (Lipinski definition) is 6. The third-order valence-electron chi connectivity index (χ3n) is 6.27. The number of piperazine rings is 1. The van der Waals surface area contributed by atoms with Crippen molar-refractivity contribution in [1.82, 2.24) is 19.8 Å².